The lowest BCUT2D eigenvalue weighted by Gasteiger charge is -2.33. The number of hydrogen-bond donors (Lipinski definition) is 2. The number of rotatable bonds is 7. The predicted octanol–water partition coefficient (Wildman–Crippen LogP) is 5.64. The van der Waals surface area contributed by atoms with Crippen molar-refractivity contribution in [3.8, 4) is 0 Å². The van der Waals surface area contributed by atoms with Crippen LogP contribution in [0.5, 0.6) is 0 Å². The van der Waals surface area contributed by atoms with Crippen LogP contribution in [0.3, 0.4) is 0 Å². The van der Waals surface area contributed by atoms with Gasteiger partial charge in [0, 0.05) is 7.05 Å². The molecule has 2 aromatic rings. The number of carbonyl (C=O) groups is 3. The molecule has 0 aliphatic rings. The van der Waals surface area contributed by atoms with Gasteiger partial charge in [-0.25, -0.2) is 4.79 Å². The molecule has 0 aromatic heterocycles. The first kappa shape index (κ1) is 28.2. The number of aryl methyl sites for hydroxylation is 2. The molecule has 190 valence electrons. The van der Waals surface area contributed by atoms with Crippen molar-refractivity contribution in [2.24, 2.45) is 5.92 Å². The first-order valence-electron chi connectivity index (χ1n) is 11.6. The van der Waals surface area contributed by atoms with Crippen molar-refractivity contribution >= 4 is 35.2 Å². The number of benzene rings is 2. The SMILES string of the molecule is Cc1ccccc1C(C(=O)Nc1c(C)cccc1Cl)N(C)C(=O)C(NC(=O)OC(C)(C)C)C(C)C. The number of anilines is 1. The zero-order valence-corrected chi connectivity index (χ0v) is 22.5. The van der Waals surface area contributed by atoms with Gasteiger partial charge in [-0.15, -0.1) is 0 Å². The summed E-state index contributed by atoms with van der Waals surface area (Å²) in [6.07, 6.45) is -0.693. The van der Waals surface area contributed by atoms with Gasteiger partial charge in [0.2, 0.25) is 5.91 Å². The number of alkyl carbamates (subject to hydrolysis) is 1. The average Bonchev–Trinajstić information content (AvgIpc) is 2.74. The van der Waals surface area contributed by atoms with Gasteiger partial charge in [-0.3, -0.25) is 9.59 Å². The summed E-state index contributed by atoms with van der Waals surface area (Å²) in [6.45, 7) is 12.6. The molecule has 0 spiro atoms. The van der Waals surface area contributed by atoms with E-state index in [1.807, 2.05) is 58.0 Å². The molecule has 2 aromatic carbocycles. The highest BCUT2D eigenvalue weighted by Crippen LogP contribution is 2.30. The fourth-order valence-corrected chi connectivity index (χ4v) is 3.96. The van der Waals surface area contributed by atoms with Gasteiger partial charge >= 0.3 is 6.09 Å². The zero-order chi connectivity index (χ0) is 26.5. The number of carbonyl (C=O) groups excluding carboxylic acids is 3. The molecule has 7 nitrogen and oxygen atoms in total. The van der Waals surface area contributed by atoms with Crippen LogP contribution in [0.25, 0.3) is 0 Å². The third kappa shape index (κ3) is 7.46. The number of para-hydroxylation sites is 1. The van der Waals surface area contributed by atoms with Gasteiger partial charge in [-0.05, 0) is 63.3 Å². The second-order valence-electron chi connectivity index (χ2n) is 10.00. The second-order valence-corrected chi connectivity index (χ2v) is 10.4. The lowest BCUT2D eigenvalue weighted by molar-refractivity contribution is -0.140. The van der Waals surface area contributed by atoms with E-state index >= 15 is 0 Å². The first-order chi connectivity index (χ1) is 16.2. The molecule has 8 heteroatoms. The average molecular weight is 502 g/mol. The molecular weight excluding hydrogens is 466 g/mol. The second kappa shape index (κ2) is 11.6. The molecule has 0 aliphatic heterocycles. The molecule has 0 saturated carbocycles. The Balaban J connectivity index is 2.43. The van der Waals surface area contributed by atoms with Crippen LogP contribution in [0.1, 0.15) is 57.4 Å². The van der Waals surface area contributed by atoms with Crippen LogP contribution < -0.4 is 10.6 Å². The summed E-state index contributed by atoms with van der Waals surface area (Å²) in [4.78, 5) is 41.1. The highest BCUT2D eigenvalue weighted by Gasteiger charge is 2.36. The smallest absolute Gasteiger partial charge is 0.408 e. The molecular formula is C27H36ClN3O4. The number of nitrogens with zero attached hydrogens (tertiary/aromatic N) is 1. The minimum atomic E-state index is -0.957. The Bertz CT molecular complexity index is 1060. The number of halogens is 1. The molecule has 2 unspecified atom stereocenters. The van der Waals surface area contributed by atoms with E-state index in [0.29, 0.717) is 16.3 Å². The predicted molar refractivity (Wildman–Crippen MR) is 140 cm³/mol. The van der Waals surface area contributed by atoms with Crippen molar-refractivity contribution in [3.05, 3.63) is 64.2 Å². The Hall–Kier alpha value is -3.06. The quantitative estimate of drug-likeness (QED) is 0.513. The van der Waals surface area contributed by atoms with E-state index in [1.165, 1.54) is 4.90 Å². The third-order valence-corrected chi connectivity index (χ3v) is 5.86. The maximum absolute atomic E-state index is 13.7. The minimum absolute atomic E-state index is 0.246. The maximum Gasteiger partial charge on any atom is 0.408 e. The minimum Gasteiger partial charge on any atom is -0.444 e. The Morgan fingerprint density at radius 3 is 2.11 bits per heavy atom. The number of amides is 3. The molecule has 3 amide bonds. The van der Waals surface area contributed by atoms with E-state index in [-0.39, 0.29) is 5.92 Å². The zero-order valence-electron chi connectivity index (χ0n) is 21.7. The number of likely N-dealkylation sites (N-methyl/N-ethyl adjacent to an activating group) is 1. The molecule has 35 heavy (non-hydrogen) atoms. The highest BCUT2D eigenvalue weighted by atomic mass is 35.5. The Morgan fingerprint density at radius 1 is 0.971 bits per heavy atom. The van der Waals surface area contributed by atoms with Crippen molar-refractivity contribution in [1.82, 2.24) is 10.2 Å². The van der Waals surface area contributed by atoms with E-state index in [0.717, 1.165) is 11.1 Å². The molecule has 0 radical (unpaired) electrons. The molecule has 0 aliphatic carbocycles. The van der Waals surface area contributed by atoms with Crippen molar-refractivity contribution in [1.29, 1.82) is 0 Å². The summed E-state index contributed by atoms with van der Waals surface area (Å²) in [6, 6.07) is 10.9. The van der Waals surface area contributed by atoms with Crippen molar-refractivity contribution in [3.63, 3.8) is 0 Å². The van der Waals surface area contributed by atoms with E-state index in [9.17, 15) is 14.4 Å². The summed E-state index contributed by atoms with van der Waals surface area (Å²) in [5.41, 5.74) is 2.10. The normalized spacial score (nSPS) is 13.1. The van der Waals surface area contributed by atoms with Gasteiger partial charge in [0.25, 0.3) is 5.91 Å². The molecule has 0 saturated heterocycles. The summed E-state index contributed by atoms with van der Waals surface area (Å²) in [5, 5.41) is 5.98. The fourth-order valence-electron chi connectivity index (χ4n) is 3.70. The molecule has 2 atom stereocenters. The van der Waals surface area contributed by atoms with Crippen LogP contribution in [0.15, 0.2) is 42.5 Å². The monoisotopic (exact) mass is 501 g/mol. The highest BCUT2D eigenvalue weighted by molar-refractivity contribution is 6.34. The Morgan fingerprint density at radius 2 is 1.57 bits per heavy atom. The van der Waals surface area contributed by atoms with Crippen molar-refractivity contribution in [2.75, 3.05) is 12.4 Å². The van der Waals surface area contributed by atoms with Crippen LogP contribution in [0, 0.1) is 19.8 Å². The number of ether oxygens (including phenoxy) is 1. The molecule has 0 heterocycles. The van der Waals surface area contributed by atoms with Gasteiger partial charge in [-0.1, -0.05) is 61.8 Å². The maximum atomic E-state index is 13.7. The Kier molecular flexibility index (Phi) is 9.32. The third-order valence-electron chi connectivity index (χ3n) is 5.54. The van der Waals surface area contributed by atoms with Gasteiger partial charge in [0.1, 0.15) is 17.7 Å². The van der Waals surface area contributed by atoms with Gasteiger partial charge < -0.3 is 20.3 Å². The lowest BCUT2D eigenvalue weighted by atomic mass is 9.96. The van der Waals surface area contributed by atoms with Crippen LogP contribution in [-0.4, -0.2) is 41.5 Å². The van der Waals surface area contributed by atoms with E-state index in [2.05, 4.69) is 10.6 Å². The first-order valence-corrected chi connectivity index (χ1v) is 12.0. The van der Waals surface area contributed by atoms with Crippen LogP contribution in [-0.2, 0) is 14.3 Å². The molecule has 0 bridgehead atoms. The van der Waals surface area contributed by atoms with E-state index in [1.54, 1.807) is 40.0 Å². The van der Waals surface area contributed by atoms with Gasteiger partial charge in [-0.2, -0.15) is 0 Å². The summed E-state index contributed by atoms with van der Waals surface area (Å²) < 4.78 is 5.35. The van der Waals surface area contributed by atoms with Crippen molar-refractivity contribution < 1.29 is 19.1 Å². The Labute approximate surface area is 213 Å². The van der Waals surface area contributed by atoms with Crippen LogP contribution in [0.2, 0.25) is 5.02 Å². The van der Waals surface area contributed by atoms with E-state index in [4.69, 9.17) is 16.3 Å². The fraction of sp³-hybridized carbons (Fsp3) is 0.444. The van der Waals surface area contributed by atoms with E-state index < -0.39 is 35.6 Å². The topological polar surface area (TPSA) is 87.7 Å². The number of nitrogens with one attached hydrogen (secondary N) is 2. The molecule has 2 rings (SSSR count). The van der Waals surface area contributed by atoms with Gasteiger partial charge in [0.15, 0.2) is 0 Å². The van der Waals surface area contributed by atoms with Crippen molar-refractivity contribution in [2.45, 2.75) is 66.2 Å². The van der Waals surface area contributed by atoms with Crippen LogP contribution >= 0.6 is 11.6 Å². The van der Waals surface area contributed by atoms with Crippen LogP contribution in [0.4, 0.5) is 10.5 Å². The number of hydrogen-bond acceptors (Lipinski definition) is 4. The summed E-state index contributed by atoms with van der Waals surface area (Å²) in [7, 11) is 1.56. The molecule has 0 fully saturated rings. The summed E-state index contributed by atoms with van der Waals surface area (Å²) >= 11 is 6.34. The molecule has 2 N–H and O–H groups in total. The van der Waals surface area contributed by atoms with Gasteiger partial charge in [0.05, 0.1) is 10.7 Å². The summed E-state index contributed by atoms with van der Waals surface area (Å²) in [5.74, 6) is -1.07. The largest absolute Gasteiger partial charge is 0.444 e. The standard InChI is InChI=1S/C27H36ClN3O4/c1-16(2)21(30-26(34)35-27(5,6)7)25(33)31(8)23(19-14-10-9-12-17(19)3)24(32)29-22-18(4)13-11-15-20(22)28/h9-16,21,23H,1-8H3,(H,29,32)(H,30,34). The lowest BCUT2D eigenvalue weighted by Crippen LogP contribution is -2.53.